The second-order valence-corrected chi connectivity index (χ2v) is 7.69. The molecule has 104 valence electrons. The van der Waals surface area contributed by atoms with Crippen molar-refractivity contribution in [1.82, 2.24) is 0 Å². The van der Waals surface area contributed by atoms with Gasteiger partial charge < -0.3 is 0 Å². The molecule has 0 atom stereocenters. The van der Waals surface area contributed by atoms with Crippen molar-refractivity contribution in [3.05, 3.63) is 58.1 Å². The zero-order valence-electron chi connectivity index (χ0n) is 11.0. The first kappa shape index (κ1) is 13.6. The molecule has 2 aromatic carbocycles. The Kier molecular flexibility index (Phi) is 3.34. The fourth-order valence-corrected chi connectivity index (χ4v) is 4.34. The van der Waals surface area contributed by atoms with Crippen LogP contribution in [0.3, 0.4) is 0 Å². The van der Waals surface area contributed by atoms with Gasteiger partial charge in [-0.25, -0.2) is 8.42 Å². The van der Waals surface area contributed by atoms with E-state index in [2.05, 4.69) is 15.9 Å². The van der Waals surface area contributed by atoms with Gasteiger partial charge in [0.1, 0.15) is 0 Å². The Labute approximate surface area is 127 Å². The first-order valence-corrected chi connectivity index (χ1v) is 8.59. The van der Waals surface area contributed by atoms with Gasteiger partial charge in [0, 0.05) is 11.0 Å². The number of hydrogen-bond donors (Lipinski definition) is 0. The number of aryl methyl sites for hydroxylation is 1. The van der Waals surface area contributed by atoms with Crippen LogP contribution in [-0.2, 0) is 16.4 Å². The number of fused-ring (bicyclic) bond motifs is 1. The Hall–Kier alpha value is -1.33. The number of sulfonamides is 1. The van der Waals surface area contributed by atoms with Gasteiger partial charge in [0.15, 0.2) is 0 Å². The second kappa shape index (κ2) is 4.90. The van der Waals surface area contributed by atoms with Gasteiger partial charge in [0.05, 0.1) is 10.6 Å². The Balaban J connectivity index is 2.05. The molecule has 20 heavy (non-hydrogen) atoms. The fraction of sp³-hybridized carbons (Fsp3) is 0.200. The van der Waals surface area contributed by atoms with E-state index < -0.39 is 10.0 Å². The Bertz CT molecular complexity index is 754. The summed E-state index contributed by atoms with van der Waals surface area (Å²) in [5.74, 6) is 0. The highest BCUT2D eigenvalue weighted by molar-refractivity contribution is 9.10. The van der Waals surface area contributed by atoms with E-state index in [1.807, 2.05) is 37.3 Å². The van der Waals surface area contributed by atoms with Gasteiger partial charge in [-0.2, -0.15) is 0 Å². The van der Waals surface area contributed by atoms with Crippen LogP contribution in [-0.4, -0.2) is 15.0 Å². The number of anilines is 1. The van der Waals surface area contributed by atoms with Crippen LogP contribution in [0.25, 0.3) is 0 Å². The summed E-state index contributed by atoms with van der Waals surface area (Å²) in [6.07, 6.45) is 0.750. The third-order valence-electron chi connectivity index (χ3n) is 3.50. The molecular formula is C15H14BrNO2S. The molecule has 0 fully saturated rings. The van der Waals surface area contributed by atoms with Crippen LogP contribution >= 0.6 is 15.9 Å². The van der Waals surface area contributed by atoms with Crippen molar-refractivity contribution in [2.24, 2.45) is 0 Å². The van der Waals surface area contributed by atoms with Gasteiger partial charge >= 0.3 is 0 Å². The molecule has 0 radical (unpaired) electrons. The third kappa shape index (κ3) is 2.25. The molecule has 0 saturated carbocycles. The Morgan fingerprint density at radius 2 is 1.80 bits per heavy atom. The normalized spacial score (nSPS) is 14.4. The molecular weight excluding hydrogens is 338 g/mol. The lowest BCUT2D eigenvalue weighted by atomic mass is 10.2. The maximum absolute atomic E-state index is 12.7. The van der Waals surface area contributed by atoms with Crippen LogP contribution in [0.1, 0.15) is 11.1 Å². The molecule has 0 unspecified atom stereocenters. The number of halogens is 1. The van der Waals surface area contributed by atoms with Crippen LogP contribution < -0.4 is 4.31 Å². The van der Waals surface area contributed by atoms with Crippen LogP contribution in [0.4, 0.5) is 5.69 Å². The summed E-state index contributed by atoms with van der Waals surface area (Å²) in [6.45, 7) is 2.45. The van der Waals surface area contributed by atoms with Gasteiger partial charge in [-0.3, -0.25) is 4.31 Å². The molecule has 3 rings (SSSR count). The number of rotatable bonds is 2. The summed E-state index contributed by atoms with van der Waals surface area (Å²) in [6, 6.07) is 12.7. The Morgan fingerprint density at radius 1 is 1.10 bits per heavy atom. The largest absolute Gasteiger partial charge is 0.266 e. The number of hydrogen-bond acceptors (Lipinski definition) is 2. The highest BCUT2D eigenvalue weighted by atomic mass is 79.9. The van der Waals surface area contributed by atoms with E-state index in [1.165, 1.54) is 4.31 Å². The fourth-order valence-electron chi connectivity index (χ4n) is 2.43. The molecule has 0 aliphatic carbocycles. The van der Waals surface area contributed by atoms with Crippen molar-refractivity contribution in [2.45, 2.75) is 18.2 Å². The van der Waals surface area contributed by atoms with E-state index in [0.29, 0.717) is 11.4 Å². The number of benzene rings is 2. The standard InChI is InChI=1S/C15H14BrNO2S/c1-11-2-5-14(6-3-11)20(18,19)17-9-8-12-10-13(16)4-7-15(12)17/h2-7,10H,8-9H2,1H3. The Morgan fingerprint density at radius 3 is 2.50 bits per heavy atom. The van der Waals surface area contributed by atoms with Gasteiger partial charge in [0.25, 0.3) is 10.0 Å². The predicted octanol–water partition coefficient (Wildman–Crippen LogP) is 3.51. The lowest BCUT2D eigenvalue weighted by Gasteiger charge is -2.19. The summed E-state index contributed by atoms with van der Waals surface area (Å²) in [4.78, 5) is 0.346. The summed E-state index contributed by atoms with van der Waals surface area (Å²) in [7, 11) is -3.46. The zero-order valence-corrected chi connectivity index (χ0v) is 13.4. The minimum Gasteiger partial charge on any atom is -0.266 e. The van der Waals surface area contributed by atoms with Crippen molar-refractivity contribution >= 4 is 31.6 Å². The smallest absolute Gasteiger partial charge is 0.264 e. The average molecular weight is 352 g/mol. The van der Waals surface area contributed by atoms with E-state index in [-0.39, 0.29) is 0 Å². The highest BCUT2D eigenvalue weighted by Crippen LogP contribution is 2.34. The van der Waals surface area contributed by atoms with Crippen molar-refractivity contribution in [3.63, 3.8) is 0 Å². The minimum atomic E-state index is -3.46. The van der Waals surface area contributed by atoms with Crippen LogP contribution in [0.2, 0.25) is 0 Å². The molecule has 0 bridgehead atoms. The van der Waals surface area contributed by atoms with Gasteiger partial charge in [-0.1, -0.05) is 33.6 Å². The summed E-state index contributed by atoms with van der Waals surface area (Å²) in [5.41, 5.74) is 2.90. The molecule has 1 heterocycles. The van der Waals surface area contributed by atoms with Crippen LogP contribution in [0, 0.1) is 6.92 Å². The summed E-state index contributed by atoms with van der Waals surface area (Å²) < 4.78 is 27.9. The second-order valence-electron chi connectivity index (χ2n) is 4.91. The molecule has 0 aromatic heterocycles. The molecule has 5 heteroatoms. The molecule has 0 N–H and O–H groups in total. The van der Waals surface area contributed by atoms with E-state index in [0.717, 1.165) is 27.7 Å². The van der Waals surface area contributed by atoms with Crippen molar-refractivity contribution in [3.8, 4) is 0 Å². The monoisotopic (exact) mass is 351 g/mol. The molecule has 0 amide bonds. The topological polar surface area (TPSA) is 37.4 Å². The average Bonchev–Trinajstić information content (AvgIpc) is 2.82. The SMILES string of the molecule is Cc1ccc(S(=O)(=O)N2CCc3cc(Br)ccc32)cc1. The van der Waals surface area contributed by atoms with Crippen LogP contribution in [0.15, 0.2) is 51.8 Å². The van der Waals surface area contributed by atoms with Gasteiger partial charge in [-0.05, 0) is 49.2 Å². The zero-order chi connectivity index (χ0) is 14.3. The van der Waals surface area contributed by atoms with Gasteiger partial charge in [-0.15, -0.1) is 0 Å². The molecule has 2 aromatic rings. The van der Waals surface area contributed by atoms with E-state index >= 15 is 0 Å². The summed E-state index contributed by atoms with van der Waals surface area (Å²) in [5, 5.41) is 0. The van der Waals surface area contributed by atoms with Gasteiger partial charge in [0.2, 0.25) is 0 Å². The first-order valence-electron chi connectivity index (χ1n) is 6.36. The van der Waals surface area contributed by atoms with E-state index in [9.17, 15) is 8.42 Å². The highest BCUT2D eigenvalue weighted by Gasteiger charge is 2.30. The molecule has 3 nitrogen and oxygen atoms in total. The van der Waals surface area contributed by atoms with Crippen molar-refractivity contribution in [2.75, 3.05) is 10.8 Å². The predicted molar refractivity (Wildman–Crippen MR) is 83.6 cm³/mol. The summed E-state index contributed by atoms with van der Waals surface area (Å²) >= 11 is 3.42. The lowest BCUT2D eigenvalue weighted by Crippen LogP contribution is -2.29. The minimum absolute atomic E-state index is 0.346. The van der Waals surface area contributed by atoms with E-state index in [4.69, 9.17) is 0 Å². The molecule has 0 spiro atoms. The third-order valence-corrected chi connectivity index (χ3v) is 5.82. The maximum Gasteiger partial charge on any atom is 0.264 e. The van der Waals surface area contributed by atoms with Crippen LogP contribution in [0.5, 0.6) is 0 Å². The quantitative estimate of drug-likeness (QED) is 0.830. The maximum atomic E-state index is 12.7. The van der Waals surface area contributed by atoms with Crippen molar-refractivity contribution in [1.29, 1.82) is 0 Å². The molecule has 1 aliphatic heterocycles. The lowest BCUT2D eigenvalue weighted by molar-refractivity contribution is 0.592. The molecule has 1 aliphatic rings. The van der Waals surface area contributed by atoms with Crippen molar-refractivity contribution < 1.29 is 8.42 Å². The number of nitrogens with zero attached hydrogens (tertiary/aromatic N) is 1. The van der Waals surface area contributed by atoms with E-state index in [1.54, 1.807) is 12.1 Å². The first-order chi connectivity index (χ1) is 9.48. The molecule has 0 saturated heterocycles.